The number of carbonyl (C=O) groups excluding carboxylic acids is 1. The zero-order valence-corrected chi connectivity index (χ0v) is 19.5. The number of amides is 1. The summed E-state index contributed by atoms with van der Waals surface area (Å²) in [7, 11) is 0. The number of carbonyl (C=O) groups is 1. The Bertz CT molecular complexity index is 1300. The number of fused-ring (bicyclic) bond motifs is 1. The van der Waals surface area contributed by atoms with Crippen LogP contribution in [0.4, 0.5) is 10.5 Å². The second-order valence-corrected chi connectivity index (χ2v) is 8.63. The van der Waals surface area contributed by atoms with Crippen molar-refractivity contribution in [2.45, 2.75) is 26.0 Å². The zero-order chi connectivity index (χ0) is 23.4. The summed E-state index contributed by atoms with van der Waals surface area (Å²) in [6, 6.07) is 19.5. The van der Waals surface area contributed by atoms with Crippen molar-refractivity contribution >= 4 is 38.6 Å². The van der Waals surface area contributed by atoms with E-state index in [9.17, 15) is 14.9 Å². The van der Waals surface area contributed by atoms with E-state index in [2.05, 4.69) is 26.2 Å². The van der Waals surface area contributed by atoms with Gasteiger partial charge in [0.05, 0.1) is 5.56 Å². The van der Waals surface area contributed by atoms with Crippen molar-refractivity contribution in [3.63, 3.8) is 0 Å². The maximum absolute atomic E-state index is 12.3. The fourth-order valence-electron chi connectivity index (χ4n) is 3.81. The number of hydrogen-bond acceptors (Lipinski definition) is 4. The smallest absolute Gasteiger partial charge is 0.411 e. The molecule has 1 amide bonds. The lowest BCUT2D eigenvalue weighted by atomic mass is 9.95. The van der Waals surface area contributed by atoms with Crippen LogP contribution in [0.3, 0.4) is 0 Å². The van der Waals surface area contributed by atoms with E-state index in [0.717, 1.165) is 32.1 Å². The Balaban J connectivity index is 1.52. The van der Waals surface area contributed by atoms with E-state index in [1.165, 1.54) is 0 Å². The quantitative estimate of drug-likeness (QED) is 0.219. The Labute approximate surface area is 199 Å². The topological polar surface area (TPSA) is 97.3 Å². The molecule has 0 saturated heterocycles. The average molecular weight is 508 g/mol. The third-order valence-electron chi connectivity index (χ3n) is 5.60. The number of ether oxygens (including phenoxy) is 1. The average Bonchev–Trinajstić information content (AvgIpc) is 3.21. The Hall–Kier alpha value is -3.65. The van der Waals surface area contributed by atoms with Gasteiger partial charge in [-0.25, -0.2) is 4.79 Å². The highest BCUT2D eigenvalue weighted by atomic mass is 79.9. The highest BCUT2D eigenvalue weighted by molar-refractivity contribution is 9.10. The van der Waals surface area contributed by atoms with Gasteiger partial charge < -0.3 is 9.72 Å². The van der Waals surface area contributed by atoms with Crippen molar-refractivity contribution in [1.82, 2.24) is 4.98 Å². The lowest BCUT2D eigenvalue weighted by Crippen LogP contribution is -2.16. The summed E-state index contributed by atoms with van der Waals surface area (Å²) in [4.78, 5) is 27.1. The molecule has 0 radical (unpaired) electrons. The van der Waals surface area contributed by atoms with E-state index in [1.807, 2.05) is 61.5 Å². The lowest BCUT2D eigenvalue weighted by Gasteiger charge is -2.15. The minimum absolute atomic E-state index is 0.158. The van der Waals surface area contributed by atoms with Gasteiger partial charge in [0.15, 0.2) is 0 Å². The summed E-state index contributed by atoms with van der Waals surface area (Å²) < 4.78 is 6.19. The Kier molecular flexibility index (Phi) is 6.74. The van der Waals surface area contributed by atoms with Crippen molar-refractivity contribution in [1.29, 1.82) is 0 Å². The number of hydrogen-bond donors (Lipinski definition) is 2. The maximum Gasteiger partial charge on any atom is 0.411 e. The van der Waals surface area contributed by atoms with Crippen molar-refractivity contribution < 1.29 is 14.5 Å². The van der Waals surface area contributed by atoms with E-state index in [4.69, 9.17) is 4.74 Å². The van der Waals surface area contributed by atoms with Gasteiger partial charge in [0.25, 0.3) is 0 Å². The molecule has 8 heteroatoms. The van der Waals surface area contributed by atoms with E-state index in [1.54, 1.807) is 18.3 Å². The van der Waals surface area contributed by atoms with E-state index in [-0.39, 0.29) is 18.0 Å². The summed E-state index contributed by atoms with van der Waals surface area (Å²) in [5.74, 6) is 0. The van der Waals surface area contributed by atoms with Crippen LogP contribution in [-0.4, -0.2) is 16.0 Å². The second-order valence-electron chi connectivity index (χ2n) is 7.72. The minimum atomic E-state index is -0.932. The molecule has 0 fully saturated rings. The highest BCUT2D eigenvalue weighted by Crippen LogP contribution is 2.32. The molecule has 4 rings (SSSR count). The molecule has 3 aromatic carbocycles. The molecule has 0 aliphatic heterocycles. The Morgan fingerprint density at radius 3 is 2.70 bits per heavy atom. The first kappa shape index (κ1) is 22.5. The third-order valence-corrected chi connectivity index (χ3v) is 6.09. The Morgan fingerprint density at radius 2 is 1.94 bits per heavy atom. The number of nitro groups is 1. The largest absolute Gasteiger partial charge is 0.444 e. The van der Waals surface area contributed by atoms with Crippen molar-refractivity contribution in [3.8, 4) is 0 Å². The number of aromatic amines is 1. The van der Waals surface area contributed by atoms with Gasteiger partial charge in [-0.2, -0.15) is 0 Å². The van der Waals surface area contributed by atoms with Crippen LogP contribution in [0.15, 0.2) is 77.4 Å². The predicted molar refractivity (Wildman–Crippen MR) is 131 cm³/mol. The van der Waals surface area contributed by atoms with Crippen LogP contribution in [0.1, 0.15) is 28.3 Å². The first-order valence-corrected chi connectivity index (χ1v) is 11.2. The van der Waals surface area contributed by atoms with E-state index >= 15 is 0 Å². The van der Waals surface area contributed by atoms with Gasteiger partial charge in [-0.05, 0) is 41.8 Å². The Morgan fingerprint density at radius 1 is 1.15 bits per heavy atom. The molecule has 33 heavy (non-hydrogen) atoms. The molecule has 7 nitrogen and oxygen atoms in total. The van der Waals surface area contributed by atoms with E-state index in [0.29, 0.717) is 11.3 Å². The molecular formula is C25H22BrN3O4. The zero-order valence-electron chi connectivity index (χ0n) is 17.9. The molecule has 1 heterocycles. The molecule has 0 saturated carbocycles. The van der Waals surface area contributed by atoms with E-state index < -0.39 is 12.1 Å². The van der Waals surface area contributed by atoms with Crippen LogP contribution in [-0.2, 0) is 17.8 Å². The number of nitrogens with zero attached hydrogens (tertiary/aromatic N) is 1. The minimum Gasteiger partial charge on any atom is -0.444 e. The second kappa shape index (κ2) is 9.87. The SMILES string of the molecule is Cc1c(CC(c2c[nH]c3cc(Br)ccc23)[N+](=O)[O-])cccc1NC(=O)OCc1ccccc1. The third kappa shape index (κ3) is 5.23. The van der Waals surface area contributed by atoms with Crippen LogP contribution in [0.5, 0.6) is 0 Å². The van der Waals surface area contributed by atoms with Gasteiger partial charge in [-0.15, -0.1) is 0 Å². The number of benzene rings is 3. The first-order chi connectivity index (χ1) is 15.9. The fraction of sp³-hybridized carbons (Fsp3) is 0.160. The summed E-state index contributed by atoms with van der Waals surface area (Å²) in [5.41, 5.74) is 4.46. The van der Waals surface area contributed by atoms with Crippen molar-refractivity contribution in [2.75, 3.05) is 5.32 Å². The maximum atomic E-state index is 12.3. The van der Waals surface area contributed by atoms with Crippen LogP contribution >= 0.6 is 15.9 Å². The van der Waals surface area contributed by atoms with Gasteiger partial charge in [0.2, 0.25) is 6.04 Å². The van der Waals surface area contributed by atoms with Crippen LogP contribution in [0.2, 0.25) is 0 Å². The molecule has 0 aliphatic rings. The summed E-state index contributed by atoms with van der Waals surface area (Å²) in [6.07, 6.45) is 1.31. The number of halogens is 1. The van der Waals surface area contributed by atoms with Gasteiger partial charge in [0.1, 0.15) is 6.61 Å². The molecule has 1 unspecified atom stereocenters. The predicted octanol–water partition coefficient (Wildman–Crippen LogP) is 6.55. The molecule has 1 atom stereocenters. The van der Waals surface area contributed by atoms with Crippen LogP contribution in [0.25, 0.3) is 10.9 Å². The number of aromatic nitrogens is 1. The number of anilines is 1. The number of nitrogens with one attached hydrogen (secondary N) is 2. The van der Waals surface area contributed by atoms with Crippen molar-refractivity contribution in [3.05, 3.63) is 110 Å². The summed E-state index contributed by atoms with van der Waals surface area (Å²) in [5, 5.41) is 15.6. The summed E-state index contributed by atoms with van der Waals surface area (Å²) >= 11 is 3.42. The first-order valence-electron chi connectivity index (χ1n) is 10.4. The molecule has 4 aromatic rings. The van der Waals surface area contributed by atoms with Gasteiger partial charge in [0, 0.05) is 38.6 Å². The highest BCUT2D eigenvalue weighted by Gasteiger charge is 2.27. The molecule has 168 valence electrons. The molecule has 0 spiro atoms. The van der Waals surface area contributed by atoms with Gasteiger partial charge >= 0.3 is 6.09 Å². The normalized spacial score (nSPS) is 11.8. The molecule has 1 aromatic heterocycles. The lowest BCUT2D eigenvalue weighted by molar-refractivity contribution is -0.528. The van der Waals surface area contributed by atoms with Gasteiger partial charge in [-0.1, -0.05) is 64.5 Å². The standard InChI is InChI=1S/C25H22BrN3O4/c1-16-18(8-5-9-22(16)28-25(30)33-15-17-6-3-2-4-7-17)12-24(29(31)32)21-14-27-23-13-19(26)10-11-20(21)23/h2-11,13-14,24,27H,12,15H2,1H3,(H,28,30). The van der Waals surface area contributed by atoms with Crippen LogP contribution < -0.4 is 5.32 Å². The van der Waals surface area contributed by atoms with Crippen LogP contribution in [0, 0.1) is 17.0 Å². The monoisotopic (exact) mass is 507 g/mol. The molecule has 2 N–H and O–H groups in total. The molecular weight excluding hydrogens is 486 g/mol. The summed E-state index contributed by atoms with van der Waals surface area (Å²) in [6.45, 7) is 2.00. The number of H-pyrrole nitrogens is 1. The van der Waals surface area contributed by atoms with Gasteiger partial charge in [-0.3, -0.25) is 15.4 Å². The molecule has 0 bridgehead atoms. The molecule has 0 aliphatic carbocycles. The van der Waals surface area contributed by atoms with Crippen molar-refractivity contribution in [2.24, 2.45) is 0 Å². The fourth-order valence-corrected chi connectivity index (χ4v) is 4.17. The number of rotatable bonds is 7.